The minimum atomic E-state index is 0.186. The standard InChI is InChI=1S/C16H18S/c1-16(2)9-7-13-11-12-5-3-4-6-14(12)17-15(13)8-10-16/h5-10H,3-4,11H2,1-2H3. The molecule has 0 atom stereocenters. The SMILES string of the molecule is CC1(C)C=CC2=C(C=C1)SC1=CCCC=C1C2. The van der Waals surface area contributed by atoms with Gasteiger partial charge in [-0.15, -0.1) is 0 Å². The van der Waals surface area contributed by atoms with E-state index in [2.05, 4.69) is 50.3 Å². The van der Waals surface area contributed by atoms with Crippen LogP contribution in [-0.2, 0) is 0 Å². The van der Waals surface area contributed by atoms with E-state index in [4.69, 9.17) is 0 Å². The van der Waals surface area contributed by atoms with Crippen molar-refractivity contribution in [3.8, 4) is 0 Å². The summed E-state index contributed by atoms with van der Waals surface area (Å²) in [6, 6.07) is 0. The van der Waals surface area contributed by atoms with Gasteiger partial charge in [-0.3, -0.25) is 0 Å². The minimum absolute atomic E-state index is 0.186. The molecule has 2 aliphatic carbocycles. The van der Waals surface area contributed by atoms with Crippen molar-refractivity contribution in [2.75, 3.05) is 0 Å². The van der Waals surface area contributed by atoms with Crippen LogP contribution in [0.4, 0.5) is 0 Å². The van der Waals surface area contributed by atoms with Crippen molar-refractivity contribution in [1.29, 1.82) is 0 Å². The molecule has 1 heterocycles. The Morgan fingerprint density at radius 1 is 1.06 bits per heavy atom. The summed E-state index contributed by atoms with van der Waals surface area (Å²) >= 11 is 1.95. The van der Waals surface area contributed by atoms with Gasteiger partial charge in [-0.25, -0.2) is 0 Å². The highest BCUT2D eigenvalue weighted by Gasteiger charge is 2.22. The van der Waals surface area contributed by atoms with E-state index < -0.39 is 0 Å². The lowest BCUT2D eigenvalue weighted by molar-refractivity contribution is 0.626. The zero-order valence-electron chi connectivity index (χ0n) is 10.5. The largest absolute Gasteiger partial charge is 0.0899 e. The molecule has 88 valence electrons. The Hall–Kier alpha value is -0.950. The van der Waals surface area contributed by atoms with Crippen molar-refractivity contribution < 1.29 is 0 Å². The second kappa shape index (κ2) is 4.06. The highest BCUT2D eigenvalue weighted by molar-refractivity contribution is 8.07. The average Bonchev–Trinajstić information content (AvgIpc) is 2.47. The summed E-state index contributed by atoms with van der Waals surface area (Å²) in [6.07, 6.45) is 17.6. The molecule has 0 saturated carbocycles. The zero-order valence-corrected chi connectivity index (χ0v) is 11.3. The Labute approximate surface area is 108 Å². The molecule has 0 amide bonds. The van der Waals surface area contributed by atoms with Crippen LogP contribution in [0.3, 0.4) is 0 Å². The van der Waals surface area contributed by atoms with Gasteiger partial charge in [-0.05, 0) is 30.4 Å². The van der Waals surface area contributed by atoms with Crippen LogP contribution >= 0.6 is 11.8 Å². The van der Waals surface area contributed by atoms with Crippen LogP contribution < -0.4 is 0 Å². The fourth-order valence-electron chi connectivity index (χ4n) is 2.39. The van der Waals surface area contributed by atoms with Gasteiger partial charge in [-0.1, -0.05) is 62.1 Å². The Kier molecular flexibility index (Phi) is 2.67. The highest BCUT2D eigenvalue weighted by Crippen LogP contribution is 2.46. The van der Waals surface area contributed by atoms with E-state index in [0.29, 0.717) is 0 Å². The van der Waals surface area contributed by atoms with Crippen molar-refractivity contribution in [3.05, 3.63) is 57.4 Å². The van der Waals surface area contributed by atoms with Crippen molar-refractivity contribution in [3.63, 3.8) is 0 Å². The summed E-state index contributed by atoms with van der Waals surface area (Å²) in [5.74, 6) is 0. The van der Waals surface area contributed by atoms with Crippen molar-refractivity contribution in [2.45, 2.75) is 33.1 Å². The van der Waals surface area contributed by atoms with Crippen LogP contribution in [0.2, 0.25) is 0 Å². The fraction of sp³-hybridized carbons (Fsp3) is 0.375. The Morgan fingerprint density at radius 2 is 1.82 bits per heavy atom. The summed E-state index contributed by atoms with van der Waals surface area (Å²) in [5, 5.41) is 0. The van der Waals surface area contributed by atoms with E-state index in [1.807, 2.05) is 11.8 Å². The molecule has 0 spiro atoms. The summed E-state index contributed by atoms with van der Waals surface area (Å²) in [4.78, 5) is 2.94. The molecular formula is C16H18S. The van der Waals surface area contributed by atoms with E-state index >= 15 is 0 Å². The van der Waals surface area contributed by atoms with Crippen LogP contribution in [-0.4, -0.2) is 0 Å². The normalized spacial score (nSPS) is 25.8. The third-order valence-electron chi connectivity index (χ3n) is 3.50. The number of rotatable bonds is 0. The lowest BCUT2D eigenvalue weighted by atomic mass is 9.92. The third kappa shape index (κ3) is 2.21. The van der Waals surface area contributed by atoms with Crippen molar-refractivity contribution >= 4 is 11.8 Å². The second-order valence-electron chi connectivity index (χ2n) is 5.53. The first-order valence-corrected chi connectivity index (χ1v) is 7.15. The predicted molar refractivity (Wildman–Crippen MR) is 76.7 cm³/mol. The van der Waals surface area contributed by atoms with Crippen LogP contribution in [0.5, 0.6) is 0 Å². The molecular weight excluding hydrogens is 224 g/mol. The van der Waals surface area contributed by atoms with Gasteiger partial charge in [0.25, 0.3) is 0 Å². The Morgan fingerprint density at radius 3 is 2.71 bits per heavy atom. The quantitative estimate of drug-likeness (QED) is 0.567. The van der Waals surface area contributed by atoms with Gasteiger partial charge in [-0.2, -0.15) is 0 Å². The zero-order chi connectivity index (χ0) is 11.9. The fourth-order valence-corrected chi connectivity index (χ4v) is 3.52. The minimum Gasteiger partial charge on any atom is -0.0899 e. The van der Waals surface area contributed by atoms with Crippen molar-refractivity contribution in [2.24, 2.45) is 5.41 Å². The van der Waals surface area contributed by atoms with Gasteiger partial charge in [0, 0.05) is 15.2 Å². The maximum Gasteiger partial charge on any atom is 0.0154 e. The van der Waals surface area contributed by atoms with Gasteiger partial charge >= 0.3 is 0 Å². The van der Waals surface area contributed by atoms with Gasteiger partial charge in [0.05, 0.1) is 0 Å². The number of hydrogen-bond donors (Lipinski definition) is 0. The lowest BCUT2D eigenvalue weighted by Gasteiger charge is -2.23. The first-order chi connectivity index (χ1) is 8.14. The molecule has 0 aromatic rings. The number of hydrogen-bond acceptors (Lipinski definition) is 1. The third-order valence-corrected chi connectivity index (χ3v) is 4.77. The smallest absolute Gasteiger partial charge is 0.0154 e. The van der Waals surface area contributed by atoms with E-state index in [1.165, 1.54) is 33.8 Å². The van der Waals surface area contributed by atoms with Gasteiger partial charge in [0.2, 0.25) is 0 Å². The predicted octanol–water partition coefficient (Wildman–Crippen LogP) is 5.13. The first-order valence-electron chi connectivity index (χ1n) is 6.33. The molecule has 17 heavy (non-hydrogen) atoms. The second-order valence-corrected chi connectivity index (χ2v) is 6.62. The summed E-state index contributed by atoms with van der Waals surface area (Å²) in [6.45, 7) is 4.52. The van der Waals surface area contributed by atoms with E-state index in [0.717, 1.165) is 6.42 Å². The van der Waals surface area contributed by atoms with Crippen LogP contribution in [0.1, 0.15) is 33.1 Å². The Balaban J connectivity index is 1.99. The van der Waals surface area contributed by atoms with Crippen molar-refractivity contribution in [1.82, 2.24) is 0 Å². The molecule has 0 radical (unpaired) electrons. The summed E-state index contributed by atoms with van der Waals surface area (Å²) in [7, 11) is 0. The topological polar surface area (TPSA) is 0 Å². The maximum absolute atomic E-state index is 2.42. The molecule has 0 N–H and O–H groups in total. The first kappa shape index (κ1) is 11.2. The van der Waals surface area contributed by atoms with Gasteiger partial charge in [0.1, 0.15) is 0 Å². The Bertz CT molecular complexity index is 452. The summed E-state index contributed by atoms with van der Waals surface area (Å²) < 4.78 is 0. The monoisotopic (exact) mass is 242 g/mol. The van der Waals surface area contributed by atoms with Crippen LogP contribution in [0.25, 0.3) is 0 Å². The maximum atomic E-state index is 2.42. The van der Waals surface area contributed by atoms with E-state index in [-0.39, 0.29) is 5.41 Å². The molecule has 0 bridgehead atoms. The molecule has 1 aliphatic heterocycles. The molecule has 0 aromatic carbocycles. The average molecular weight is 242 g/mol. The number of thioether (sulfide) groups is 1. The number of fused-ring (bicyclic) bond motifs is 1. The number of allylic oxidation sites excluding steroid dienone is 8. The molecule has 3 rings (SSSR count). The molecule has 0 unspecified atom stereocenters. The summed E-state index contributed by atoms with van der Waals surface area (Å²) in [5.41, 5.74) is 3.21. The molecule has 3 aliphatic rings. The molecule has 0 saturated heterocycles. The molecule has 1 heteroatoms. The molecule has 0 fully saturated rings. The van der Waals surface area contributed by atoms with Gasteiger partial charge in [0.15, 0.2) is 0 Å². The molecule has 0 nitrogen and oxygen atoms in total. The van der Waals surface area contributed by atoms with E-state index in [1.54, 1.807) is 0 Å². The van der Waals surface area contributed by atoms with Crippen LogP contribution in [0, 0.1) is 5.41 Å². The highest BCUT2D eigenvalue weighted by atomic mass is 32.2. The lowest BCUT2D eigenvalue weighted by Crippen LogP contribution is -2.01. The molecule has 0 aromatic heterocycles. The van der Waals surface area contributed by atoms with E-state index in [9.17, 15) is 0 Å². The van der Waals surface area contributed by atoms with Gasteiger partial charge < -0.3 is 0 Å². The van der Waals surface area contributed by atoms with Crippen LogP contribution in [0.15, 0.2) is 57.4 Å².